The predicted octanol–water partition coefficient (Wildman–Crippen LogP) is 2.90. The second kappa shape index (κ2) is 5.70. The smallest absolute Gasteiger partial charge is 0.0476 e. The number of hydrogen-bond donors (Lipinski definition) is 2. The van der Waals surface area contributed by atoms with Crippen LogP contribution in [0.3, 0.4) is 0 Å². The largest absolute Gasteiger partial charge is 0.357 e. The van der Waals surface area contributed by atoms with Gasteiger partial charge in [-0.05, 0) is 37.8 Å². The zero-order valence-electron chi connectivity index (χ0n) is 12.1. The first-order valence-corrected chi connectivity index (χ1v) is 8.94. The number of hydrogen-bond acceptors (Lipinski definition) is 2. The van der Waals surface area contributed by atoms with E-state index in [2.05, 4.69) is 34.6 Å². The highest BCUT2D eigenvalue weighted by atomic mass is 32.2. The zero-order valence-corrected chi connectivity index (χ0v) is 12.9. The van der Waals surface area contributed by atoms with Crippen LogP contribution < -0.4 is 5.32 Å². The summed E-state index contributed by atoms with van der Waals surface area (Å²) in [6.07, 6.45) is 5.31. The van der Waals surface area contributed by atoms with E-state index in [1.54, 1.807) is 6.26 Å². The average Bonchev–Trinajstić information content (AvgIpc) is 2.83. The molecular formula is C16H22N2OS. The molecular weight excluding hydrogens is 268 g/mol. The number of aromatic nitrogens is 1. The van der Waals surface area contributed by atoms with Crippen molar-refractivity contribution in [3.8, 4) is 0 Å². The molecule has 1 heterocycles. The maximum Gasteiger partial charge on any atom is 0.0476 e. The number of rotatable bonds is 4. The molecule has 108 valence electrons. The van der Waals surface area contributed by atoms with Crippen LogP contribution in [-0.2, 0) is 17.2 Å². The van der Waals surface area contributed by atoms with Crippen molar-refractivity contribution in [2.75, 3.05) is 12.8 Å². The second-order valence-electron chi connectivity index (χ2n) is 5.73. The first kappa shape index (κ1) is 13.8. The molecule has 1 aromatic heterocycles. The summed E-state index contributed by atoms with van der Waals surface area (Å²) in [7, 11) is -0.760. The van der Waals surface area contributed by atoms with Gasteiger partial charge >= 0.3 is 0 Å². The number of para-hydroxylation sites is 1. The molecule has 20 heavy (non-hydrogen) atoms. The van der Waals surface area contributed by atoms with Crippen molar-refractivity contribution >= 4 is 21.7 Å². The fourth-order valence-corrected chi connectivity index (χ4v) is 3.38. The van der Waals surface area contributed by atoms with Crippen LogP contribution in [0.5, 0.6) is 0 Å². The average molecular weight is 290 g/mol. The molecule has 0 saturated carbocycles. The van der Waals surface area contributed by atoms with Crippen molar-refractivity contribution in [3.63, 3.8) is 0 Å². The third-order valence-electron chi connectivity index (χ3n) is 4.33. The molecule has 0 amide bonds. The number of nitrogens with one attached hydrogen (secondary N) is 2. The van der Waals surface area contributed by atoms with Crippen LogP contribution >= 0.6 is 0 Å². The molecule has 0 bridgehead atoms. The van der Waals surface area contributed by atoms with Crippen molar-refractivity contribution < 1.29 is 4.21 Å². The minimum absolute atomic E-state index is 0.199. The molecule has 2 aromatic rings. The summed E-state index contributed by atoms with van der Waals surface area (Å²) in [5.74, 6) is 0. The molecule has 3 nitrogen and oxygen atoms in total. The molecule has 0 aliphatic heterocycles. The normalized spacial score (nSPS) is 21.6. The van der Waals surface area contributed by atoms with Gasteiger partial charge in [0.2, 0.25) is 0 Å². The Morgan fingerprint density at radius 1 is 1.45 bits per heavy atom. The van der Waals surface area contributed by atoms with Crippen LogP contribution in [0.4, 0.5) is 0 Å². The van der Waals surface area contributed by atoms with Gasteiger partial charge in [0.1, 0.15) is 0 Å². The fourth-order valence-electron chi connectivity index (χ4n) is 3.04. The second-order valence-corrected chi connectivity index (χ2v) is 7.53. The van der Waals surface area contributed by atoms with Crippen LogP contribution in [0, 0.1) is 0 Å². The van der Waals surface area contributed by atoms with E-state index in [-0.39, 0.29) is 5.25 Å². The Hall–Kier alpha value is -1.13. The molecule has 0 saturated heterocycles. The standard InChI is InChI=1S/C16H22N2OS/c1-11(20(2)19)10-17-15-9-5-7-13-12-6-3-4-8-14(12)18-16(13)15/h3-4,6,8,11,15,17-18H,5,7,9-10H2,1-2H3. The molecule has 3 rings (SSSR count). The van der Waals surface area contributed by atoms with E-state index < -0.39 is 10.8 Å². The molecule has 1 aliphatic carbocycles. The maximum absolute atomic E-state index is 11.5. The predicted molar refractivity (Wildman–Crippen MR) is 85.5 cm³/mol. The van der Waals surface area contributed by atoms with E-state index >= 15 is 0 Å². The minimum Gasteiger partial charge on any atom is -0.357 e. The Labute approximate surface area is 122 Å². The Balaban J connectivity index is 1.84. The first-order valence-electron chi connectivity index (χ1n) is 7.32. The van der Waals surface area contributed by atoms with E-state index in [9.17, 15) is 4.21 Å². The lowest BCUT2D eigenvalue weighted by Gasteiger charge is -2.25. The molecule has 3 unspecified atom stereocenters. The molecule has 0 spiro atoms. The van der Waals surface area contributed by atoms with Crippen molar-refractivity contribution in [2.24, 2.45) is 0 Å². The Bertz CT molecular complexity index is 634. The van der Waals surface area contributed by atoms with Crippen LogP contribution in [-0.4, -0.2) is 27.2 Å². The van der Waals surface area contributed by atoms with Crippen molar-refractivity contribution in [2.45, 2.75) is 37.5 Å². The summed E-state index contributed by atoms with van der Waals surface area (Å²) in [4.78, 5) is 3.58. The van der Waals surface area contributed by atoms with Crippen LogP contribution in [0.25, 0.3) is 10.9 Å². The van der Waals surface area contributed by atoms with Gasteiger partial charge in [0.05, 0.1) is 0 Å². The summed E-state index contributed by atoms with van der Waals surface area (Å²) < 4.78 is 11.5. The van der Waals surface area contributed by atoms with Gasteiger partial charge in [-0.1, -0.05) is 18.2 Å². The van der Waals surface area contributed by atoms with Crippen molar-refractivity contribution in [1.82, 2.24) is 10.3 Å². The van der Waals surface area contributed by atoms with Gasteiger partial charge in [-0.15, -0.1) is 0 Å². The number of H-pyrrole nitrogens is 1. The highest BCUT2D eigenvalue weighted by Gasteiger charge is 2.24. The summed E-state index contributed by atoms with van der Waals surface area (Å²) in [6.45, 7) is 2.85. The minimum atomic E-state index is -0.760. The van der Waals surface area contributed by atoms with Gasteiger partial charge < -0.3 is 10.3 Å². The maximum atomic E-state index is 11.5. The summed E-state index contributed by atoms with van der Waals surface area (Å²) in [5.41, 5.74) is 4.04. The lowest BCUT2D eigenvalue weighted by atomic mass is 9.91. The number of fused-ring (bicyclic) bond motifs is 3. The molecule has 1 aromatic carbocycles. The zero-order chi connectivity index (χ0) is 14.1. The van der Waals surface area contributed by atoms with Crippen LogP contribution in [0.15, 0.2) is 24.3 Å². The molecule has 4 heteroatoms. The van der Waals surface area contributed by atoms with Gasteiger partial charge in [0.15, 0.2) is 0 Å². The van der Waals surface area contributed by atoms with Gasteiger partial charge in [0, 0.05) is 51.5 Å². The number of aryl methyl sites for hydroxylation is 1. The third kappa shape index (κ3) is 2.54. The Morgan fingerprint density at radius 3 is 3.05 bits per heavy atom. The molecule has 0 fully saturated rings. The van der Waals surface area contributed by atoms with E-state index in [1.165, 1.54) is 28.6 Å². The summed E-state index contributed by atoms with van der Waals surface area (Å²) >= 11 is 0. The Kier molecular flexibility index (Phi) is 3.94. The SMILES string of the molecule is CC(CNC1CCCc2c1[nH]c1ccccc21)S(C)=O. The monoisotopic (exact) mass is 290 g/mol. The molecule has 3 atom stereocenters. The van der Waals surface area contributed by atoms with E-state index in [1.807, 2.05) is 6.92 Å². The van der Waals surface area contributed by atoms with E-state index in [0.29, 0.717) is 6.04 Å². The van der Waals surface area contributed by atoms with Gasteiger partial charge in [-0.25, -0.2) is 0 Å². The topological polar surface area (TPSA) is 44.9 Å². The highest BCUT2D eigenvalue weighted by Crippen LogP contribution is 2.34. The Morgan fingerprint density at radius 2 is 2.25 bits per heavy atom. The summed E-state index contributed by atoms with van der Waals surface area (Å²) in [5, 5.41) is 5.16. The fraction of sp³-hybridized carbons (Fsp3) is 0.500. The van der Waals surface area contributed by atoms with Crippen molar-refractivity contribution in [1.29, 1.82) is 0 Å². The first-order chi connectivity index (χ1) is 9.66. The van der Waals surface area contributed by atoms with E-state index in [0.717, 1.165) is 19.4 Å². The van der Waals surface area contributed by atoms with Crippen LogP contribution in [0.1, 0.15) is 37.1 Å². The van der Waals surface area contributed by atoms with Crippen LogP contribution in [0.2, 0.25) is 0 Å². The van der Waals surface area contributed by atoms with Gasteiger partial charge in [-0.3, -0.25) is 4.21 Å². The lowest BCUT2D eigenvalue weighted by molar-refractivity contribution is 0.455. The number of benzene rings is 1. The van der Waals surface area contributed by atoms with Gasteiger partial charge in [-0.2, -0.15) is 0 Å². The highest BCUT2D eigenvalue weighted by molar-refractivity contribution is 7.84. The quantitative estimate of drug-likeness (QED) is 0.909. The third-order valence-corrected chi connectivity index (χ3v) is 5.63. The van der Waals surface area contributed by atoms with E-state index in [4.69, 9.17) is 0 Å². The lowest BCUT2D eigenvalue weighted by Crippen LogP contribution is -2.32. The molecule has 1 aliphatic rings. The van der Waals surface area contributed by atoms with Crippen molar-refractivity contribution in [3.05, 3.63) is 35.5 Å². The molecule has 2 N–H and O–H groups in total. The summed E-state index contributed by atoms with van der Waals surface area (Å²) in [6, 6.07) is 8.91. The van der Waals surface area contributed by atoms with Gasteiger partial charge in [0.25, 0.3) is 0 Å². The number of aromatic amines is 1. The molecule has 0 radical (unpaired) electrons.